The van der Waals surface area contributed by atoms with E-state index < -0.39 is 13.3 Å². The van der Waals surface area contributed by atoms with Crippen LogP contribution in [0.15, 0.2) is 30.5 Å². The van der Waals surface area contributed by atoms with Crippen LogP contribution in [0.25, 0.3) is 11.3 Å². The van der Waals surface area contributed by atoms with Crippen molar-refractivity contribution in [2.45, 2.75) is 70.6 Å². The fraction of sp³-hybridized carbons (Fsp3) is 0.542. The van der Waals surface area contributed by atoms with Crippen molar-refractivity contribution in [3.05, 3.63) is 47.2 Å². The van der Waals surface area contributed by atoms with E-state index in [-0.39, 0.29) is 5.41 Å². The average Bonchev–Trinajstić information content (AvgIpc) is 2.46. The Morgan fingerprint density at radius 2 is 1.65 bits per heavy atom. The molecule has 1 aromatic heterocycles. The first kappa shape index (κ1) is 21.2. The maximum atomic E-state index is 2.50. The topological polar surface area (TPSA) is 3.88 Å². The normalized spacial score (nSPS) is 12.7. The Bertz CT molecular complexity index is 789. The summed E-state index contributed by atoms with van der Waals surface area (Å²) >= 11 is -1.95. The van der Waals surface area contributed by atoms with Gasteiger partial charge in [-0.1, -0.05) is 0 Å². The Morgan fingerprint density at radius 3 is 2.15 bits per heavy atom. The van der Waals surface area contributed by atoms with E-state index in [9.17, 15) is 0 Å². The fourth-order valence-electron chi connectivity index (χ4n) is 3.68. The monoisotopic (exact) mass is 414 g/mol. The van der Waals surface area contributed by atoms with Crippen molar-refractivity contribution < 1.29 is 4.57 Å². The molecule has 0 radical (unpaired) electrons. The molecule has 0 saturated carbocycles. The van der Waals surface area contributed by atoms with E-state index >= 15 is 0 Å². The van der Waals surface area contributed by atoms with Crippen molar-refractivity contribution in [3.63, 3.8) is 0 Å². The molecule has 0 bridgehead atoms. The molecule has 142 valence electrons. The van der Waals surface area contributed by atoms with Crippen LogP contribution in [-0.2, 0) is 18.9 Å². The van der Waals surface area contributed by atoms with E-state index in [4.69, 9.17) is 0 Å². The van der Waals surface area contributed by atoms with E-state index in [1.54, 1.807) is 4.40 Å². The van der Waals surface area contributed by atoms with Gasteiger partial charge < -0.3 is 0 Å². The summed E-state index contributed by atoms with van der Waals surface area (Å²) < 4.78 is 3.99. The van der Waals surface area contributed by atoms with Crippen molar-refractivity contribution in [1.29, 1.82) is 0 Å². The zero-order valence-corrected chi connectivity index (χ0v) is 20.7. The molecule has 0 aliphatic carbocycles. The van der Waals surface area contributed by atoms with Crippen molar-refractivity contribution in [2.24, 2.45) is 13.0 Å². The second-order valence-electron chi connectivity index (χ2n) is 10.3. The Hall–Kier alpha value is -1.09. The number of nitrogens with zero attached hydrogens (tertiary/aromatic N) is 1. The molecule has 2 heteroatoms. The van der Waals surface area contributed by atoms with E-state index in [0.29, 0.717) is 5.92 Å². The standard InChI is InChI=1S/C24H38GeN/c1-17(2)13-19-12-11-18(3)20(14-19)23-15-21(24(4,5)6)22(16-26(23)10)25(7,8)9/h11-12,14-17H,13H2,1-10H3/q+1. The predicted octanol–water partition coefficient (Wildman–Crippen LogP) is 5.53. The minimum absolute atomic E-state index is 0.167. The summed E-state index contributed by atoms with van der Waals surface area (Å²) in [6.45, 7) is 13.9. The minimum atomic E-state index is -1.95. The molecule has 1 heterocycles. The van der Waals surface area contributed by atoms with Gasteiger partial charge in [-0.25, -0.2) is 0 Å². The molecule has 0 atom stereocenters. The number of aromatic nitrogens is 1. The van der Waals surface area contributed by atoms with E-state index in [2.05, 4.69) is 101 Å². The Balaban J connectivity index is 2.72. The first-order valence-corrected chi connectivity index (χ1v) is 17.3. The first-order valence-electron chi connectivity index (χ1n) is 9.95. The molecule has 0 amide bonds. The molecule has 0 saturated heterocycles. The Kier molecular flexibility index (Phi) is 6.12. The summed E-state index contributed by atoms with van der Waals surface area (Å²) in [7, 11) is 2.22. The van der Waals surface area contributed by atoms with Crippen LogP contribution in [0, 0.1) is 12.8 Å². The van der Waals surface area contributed by atoms with Gasteiger partial charge >= 0.3 is 164 Å². The summed E-state index contributed by atoms with van der Waals surface area (Å²) in [5.41, 5.74) is 7.22. The van der Waals surface area contributed by atoms with Crippen LogP contribution in [-0.4, -0.2) is 13.3 Å². The van der Waals surface area contributed by atoms with Gasteiger partial charge in [-0.3, -0.25) is 0 Å². The summed E-state index contributed by atoms with van der Waals surface area (Å²) in [6.07, 6.45) is 3.57. The molecule has 0 aliphatic heterocycles. The SMILES string of the molecule is Cc1ccc(CC(C)C)cc1-c1cc(C(C)(C)C)[c]([Ge]([CH3])([CH3])[CH3])c[n+]1C. The zero-order valence-electron chi connectivity index (χ0n) is 18.6. The average molecular weight is 413 g/mol. The second kappa shape index (κ2) is 7.50. The van der Waals surface area contributed by atoms with E-state index in [1.165, 1.54) is 27.9 Å². The predicted molar refractivity (Wildman–Crippen MR) is 118 cm³/mol. The van der Waals surface area contributed by atoms with Crippen LogP contribution >= 0.6 is 0 Å². The number of benzene rings is 1. The third-order valence-corrected chi connectivity index (χ3v) is 9.34. The van der Waals surface area contributed by atoms with Crippen LogP contribution in [0.4, 0.5) is 0 Å². The van der Waals surface area contributed by atoms with Crippen molar-refractivity contribution >= 4 is 17.7 Å². The van der Waals surface area contributed by atoms with Crippen LogP contribution < -0.4 is 8.96 Å². The summed E-state index contributed by atoms with van der Waals surface area (Å²) in [5, 5.41) is 0. The van der Waals surface area contributed by atoms with E-state index in [0.717, 1.165) is 6.42 Å². The van der Waals surface area contributed by atoms with Crippen LogP contribution in [0.1, 0.15) is 51.3 Å². The van der Waals surface area contributed by atoms with Crippen molar-refractivity contribution in [3.8, 4) is 11.3 Å². The fourth-order valence-corrected chi connectivity index (χ4v) is 7.53. The van der Waals surface area contributed by atoms with E-state index in [1.807, 2.05) is 0 Å². The molecule has 0 spiro atoms. The molecule has 2 aromatic rings. The third-order valence-electron chi connectivity index (χ3n) is 5.11. The molecular formula is C24H38GeN+. The molecular weight excluding hydrogens is 375 g/mol. The number of hydrogen-bond donors (Lipinski definition) is 0. The van der Waals surface area contributed by atoms with Crippen LogP contribution in [0.3, 0.4) is 0 Å². The van der Waals surface area contributed by atoms with Gasteiger partial charge in [0.1, 0.15) is 0 Å². The molecule has 1 aromatic carbocycles. The van der Waals surface area contributed by atoms with Gasteiger partial charge in [0, 0.05) is 0 Å². The van der Waals surface area contributed by atoms with Gasteiger partial charge in [0.25, 0.3) is 0 Å². The molecule has 2 rings (SSSR count). The van der Waals surface area contributed by atoms with Gasteiger partial charge in [0.05, 0.1) is 0 Å². The van der Waals surface area contributed by atoms with Crippen molar-refractivity contribution in [2.75, 3.05) is 0 Å². The molecule has 0 unspecified atom stereocenters. The Morgan fingerprint density at radius 1 is 1.04 bits per heavy atom. The molecule has 26 heavy (non-hydrogen) atoms. The van der Waals surface area contributed by atoms with Crippen LogP contribution in [0.2, 0.25) is 17.3 Å². The summed E-state index contributed by atoms with van der Waals surface area (Å²) in [4.78, 5) is 0. The Labute approximate surface area is 164 Å². The van der Waals surface area contributed by atoms with Crippen LogP contribution in [0.5, 0.6) is 0 Å². The second-order valence-corrected chi connectivity index (χ2v) is 20.9. The summed E-state index contributed by atoms with van der Waals surface area (Å²) in [6, 6.07) is 9.48. The van der Waals surface area contributed by atoms with Gasteiger partial charge in [-0.2, -0.15) is 0 Å². The number of hydrogen-bond acceptors (Lipinski definition) is 0. The molecule has 1 nitrogen and oxygen atoms in total. The molecule has 0 N–H and O–H groups in total. The zero-order chi connectivity index (χ0) is 19.9. The number of aryl methyl sites for hydroxylation is 2. The molecule has 0 aliphatic rings. The van der Waals surface area contributed by atoms with Gasteiger partial charge in [-0.15, -0.1) is 0 Å². The van der Waals surface area contributed by atoms with Crippen molar-refractivity contribution in [1.82, 2.24) is 0 Å². The quantitative estimate of drug-likeness (QED) is 0.459. The van der Waals surface area contributed by atoms with Gasteiger partial charge in [0.2, 0.25) is 0 Å². The third kappa shape index (κ3) is 4.79. The van der Waals surface area contributed by atoms with Gasteiger partial charge in [-0.05, 0) is 0 Å². The number of rotatable bonds is 4. The first-order chi connectivity index (χ1) is 11.8. The van der Waals surface area contributed by atoms with Gasteiger partial charge in [0.15, 0.2) is 0 Å². The molecule has 0 fully saturated rings. The number of pyridine rings is 1. The summed E-state index contributed by atoms with van der Waals surface area (Å²) in [5.74, 6) is 8.18. The maximum absolute atomic E-state index is 2.50.